The summed E-state index contributed by atoms with van der Waals surface area (Å²) in [5, 5.41) is 10.5. The van der Waals surface area contributed by atoms with Gasteiger partial charge in [-0.1, -0.05) is 56.9 Å². The molecular formula is C15H24O. The molecule has 1 rings (SSSR count). The van der Waals surface area contributed by atoms with Gasteiger partial charge in [-0.05, 0) is 31.4 Å². The molecule has 1 atom stereocenters. The average molecular weight is 220 g/mol. The topological polar surface area (TPSA) is 20.2 Å². The first-order valence-electron chi connectivity index (χ1n) is 6.36. The second-order valence-electron chi connectivity index (χ2n) is 4.90. The van der Waals surface area contributed by atoms with E-state index in [1.807, 2.05) is 25.1 Å². The van der Waals surface area contributed by atoms with Crippen molar-refractivity contribution in [2.75, 3.05) is 0 Å². The van der Waals surface area contributed by atoms with Crippen LogP contribution in [-0.2, 0) is 5.60 Å². The molecule has 0 bridgehead atoms. The van der Waals surface area contributed by atoms with Crippen LogP contribution in [0.3, 0.4) is 0 Å². The fourth-order valence-electron chi connectivity index (χ4n) is 2.21. The molecule has 1 nitrogen and oxygen atoms in total. The molecule has 0 aliphatic rings. The Morgan fingerprint density at radius 3 is 2.44 bits per heavy atom. The molecule has 0 radical (unpaired) electrons. The van der Waals surface area contributed by atoms with Gasteiger partial charge < -0.3 is 5.11 Å². The van der Waals surface area contributed by atoms with Gasteiger partial charge in [-0.2, -0.15) is 0 Å². The second kappa shape index (κ2) is 6.05. The van der Waals surface area contributed by atoms with Crippen molar-refractivity contribution in [1.82, 2.24) is 0 Å². The molecule has 0 aromatic heterocycles. The lowest BCUT2D eigenvalue weighted by Crippen LogP contribution is -2.22. The monoisotopic (exact) mass is 220 g/mol. The molecule has 1 aromatic rings. The van der Waals surface area contributed by atoms with Gasteiger partial charge in [0.1, 0.15) is 0 Å². The lowest BCUT2D eigenvalue weighted by atomic mass is 9.87. The molecule has 1 unspecified atom stereocenters. The normalized spacial score (nSPS) is 14.8. The van der Waals surface area contributed by atoms with Crippen molar-refractivity contribution in [3.63, 3.8) is 0 Å². The highest BCUT2D eigenvalue weighted by atomic mass is 16.3. The van der Waals surface area contributed by atoms with Crippen LogP contribution in [0.1, 0.15) is 57.1 Å². The van der Waals surface area contributed by atoms with E-state index in [1.54, 1.807) is 0 Å². The number of aliphatic hydroxyl groups is 1. The minimum atomic E-state index is -0.668. The van der Waals surface area contributed by atoms with Crippen molar-refractivity contribution in [1.29, 1.82) is 0 Å². The first-order chi connectivity index (χ1) is 7.58. The summed E-state index contributed by atoms with van der Waals surface area (Å²) in [7, 11) is 0. The lowest BCUT2D eigenvalue weighted by molar-refractivity contribution is 0.0442. The third kappa shape index (κ3) is 3.64. The van der Waals surface area contributed by atoms with Crippen LogP contribution in [0.5, 0.6) is 0 Å². The summed E-state index contributed by atoms with van der Waals surface area (Å²) >= 11 is 0. The summed E-state index contributed by atoms with van der Waals surface area (Å²) in [4.78, 5) is 0. The molecule has 1 aromatic carbocycles. The zero-order valence-corrected chi connectivity index (χ0v) is 10.8. The van der Waals surface area contributed by atoms with Gasteiger partial charge in [-0.25, -0.2) is 0 Å². The van der Waals surface area contributed by atoms with E-state index < -0.39 is 5.60 Å². The SMILES string of the molecule is CCCCCCC(C)(O)c1ccccc1C. The van der Waals surface area contributed by atoms with Gasteiger partial charge >= 0.3 is 0 Å². The Hall–Kier alpha value is -0.820. The van der Waals surface area contributed by atoms with E-state index in [9.17, 15) is 5.11 Å². The van der Waals surface area contributed by atoms with E-state index in [1.165, 1.54) is 24.8 Å². The third-order valence-electron chi connectivity index (χ3n) is 3.24. The van der Waals surface area contributed by atoms with Gasteiger partial charge in [0.25, 0.3) is 0 Å². The number of hydrogen-bond donors (Lipinski definition) is 1. The molecule has 0 heterocycles. The van der Waals surface area contributed by atoms with Crippen LogP contribution < -0.4 is 0 Å². The Morgan fingerprint density at radius 2 is 1.81 bits per heavy atom. The van der Waals surface area contributed by atoms with Gasteiger partial charge in [0.2, 0.25) is 0 Å². The van der Waals surface area contributed by atoms with E-state index in [0.717, 1.165) is 18.4 Å². The number of hydrogen-bond acceptors (Lipinski definition) is 1. The maximum atomic E-state index is 10.5. The maximum absolute atomic E-state index is 10.5. The number of aryl methyl sites for hydroxylation is 1. The minimum Gasteiger partial charge on any atom is -0.385 e. The second-order valence-corrected chi connectivity index (χ2v) is 4.90. The van der Waals surface area contributed by atoms with Crippen LogP contribution in [0.25, 0.3) is 0 Å². The quantitative estimate of drug-likeness (QED) is 0.713. The Kier molecular flexibility index (Phi) is 5.01. The van der Waals surface area contributed by atoms with Crippen LogP contribution >= 0.6 is 0 Å². The van der Waals surface area contributed by atoms with Crippen LogP contribution in [0.4, 0.5) is 0 Å². The van der Waals surface area contributed by atoms with E-state index in [2.05, 4.69) is 19.9 Å². The van der Waals surface area contributed by atoms with Crippen LogP contribution in [0.2, 0.25) is 0 Å². The summed E-state index contributed by atoms with van der Waals surface area (Å²) in [5.41, 5.74) is 1.59. The Balaban J connectivity index is 2.59. The highest BCUT2D eigenvalue weighted by Gasteiger charge is 2.23. The zero-order valence-electron chi connectivity index (χ0n) is 10.8. The maximum Gasteiger partial charge on any atom is 0.0871 e. The Labute approximate surface area is 99.5 Å². The minimum absolute atomic E-state index is 0.668. The van der Waals surface area contributed by atoms with Crippen molar-refractivity contribution < 1.29 is 5.11 Å². The largest absolute Gasteiger partial charge is 0.385 e. The van der Waals surface area contributed by atoms with Crippen LogP contribution in [0, 0.1) is 6.92 Å². The number of unbranched alkanes of at least 4 members (excludes halogenated alkanes) is 3. The summed E-state index contributed by atoms with van der Waals surface area (Å²) < 4.78 is 0. The van der Waals surface area contributed by atoms with E-state index >= 15 is 0 Å². The predicted octanol–water partition coefficient (Wildman–Crippen LogP) is 4.17. The van der Waals surface area contributed by atoms with Crippen molar-refractivity contribution in [3.05, 3.63) is 35.4 Å². The summed E-state index contributed by atoms with van der Waals surface area (Å²) in [6.45, 7) is 6.20. The molecule has 16 heavy (non-hydrogen) atoms. The van der Waals surface area contributed by atoms with Crippen molar-refractivity contribution >= 4 is 0 Å². The molecule has 0 aliphatic heterocycles. The van der Waals surface area contributed by atoms with Crippen LogP contribution in [0.15, 0.2) is 24.3 Å². The molecule has 0 saturated heterocycles. The summed E-state index contributed by atoms with van der Waals surface area (Å²) in [6, 6.07) is 8.12. The van der Waals surface area contributed by atoms with E-state index in [0.29, 0.717) is 0 Å². The number of benzene rings is 1. The predicted molar refractivity (Wildman–Crippen MR) is 69.5 cm³/mol. The molecule has 0 spiro atoms. The third-order valence-corrected chi connectivity index (χ3v) is 3.24. The van der Waals surface area contributed by atoms with Crippen LogP contribution in [-0.4, -0.2) is 5.11 Å². The van der Waals surface area contributed by atoms with Gasteiger partial charge in [0.15, 0.2) is 0 Å². The van der Waals surface area contributed by atoms with Crippen molar-refractivity contribution in [2.24, 2.45) is 0 Å². The zero-order chi connectivity index (χ0) is 12.0. The Bertz CT molecular complexity index is 315. The fraction of sp³-hybridized carbons (Fsp3) is 0.600. The molecule has 0 fully saturated rings. The lowest BCUT2D eigenvalue weighted by Gasteiger charge is -2.25. The van der Waals surface area contributed by atoms with E-state index in [4.69, 9.17) is 0 Å². The first kappa shape index (κ1) is 13.2. The molecule has 0 aliphatic carbocycles. The van der Waals surface area contributed by atoms with E-state index in [-0.39, 0.29) is 0 Å². The van der Waals surface area contributed by atoms with Crippen molar-refractivity contribution in [2.45, 2.75) is 58.5 Å². The molecule has 90 valence electrons. The summed E-state index contributed by atoms with van der Waals surface area (Å²) in [6.07, 6.45) is 5.70. The molecule has 1 N–H and O–H groups in total. The van der Waals surface area contributed by atoms with Crippen molar-refractivity contribution in [3.8, 4) is 0 Å². The molecule has 0 saturated carbocycles. The average Bonchev–Trinajstić information content (AvgIpc) is 2.25. The highest BCUT2D eigenvalue weighted by molar-refractivity contribution is 5.30. The van der Waals surface area contributed by atoms with Gasteiger partial charge in [-0.15, -0.1) is 0 Å². The molecular weight excluding hydrogens is 196 g/mol. The molecule has 1 heteroatoms. The highest BCUT2D eigenvalue weighted by Crippen LogP contribution is 2.29. The Morgan fingerprint density at radius 1 is 1.12 bits per heavy atom. The number of rotatable bonds is 6. The fourth-order valence-corrected chi connectivity index (χ4v) is 2.21. The van der Waals surface area contributed by atoms with Gasteiger partial charge in [0.05, 0.1) is 5.60 Å². The first-order valence-corrected chi connectivity index (χ1v) is 6.36. The van der Waals surface area contributed by atoms with Gasteiger partial charge in [-0.3, -0.25) is 0 Å². The standard InChI is InChI=1S/C15H24O/c1-4-5-6-9-12-15(3,16)14-11-8-7-10-13(14)2/h7-8,10-11,16H,4-6,9,12H2,1-3H3. The molecule has 0 amide bonds. The van der Waals surface area contributed by atoms with Gasteiger partial charge in [0, 0.05) is 0 Å². The summed E-state index contributed by atoms with van der Waals surface area (Å²) in [5.74, 6) is 0. The smallest absolute Gasteiger partial charge is 0.0871 e.